The van der Waals surface area contributed by atoms with E-state index in [9.17, 15) is 9.59 Å². The van der Waals surface area contributed by atoms with Crippen LogP contribution in [0.25, 0.3) is 0 Å². The summed E-state index contributed by atoms with van der Waals surface area (Å²) in [4.78, 5) is 28.1. The van der Waals surface area contributed by atoms with Crippen molar-refractivity contribution in [3.05, 3.63) is 89.4 Å². The number of Topliss-reactive ketones (excluding diaryl/α,β-unsaturated/α-hetero) is 1. The number of urea groups is 1. The minimum Gasteiger partial charge on any atom is -0.497 e. The first kappa shape index (κ1) is 21.9. The molecule has 1 saturated carbocycles. The molecule has 164 valence electrons. The maximum absolute atomic E-state index is 13.6. The van der Waals surface area contributed by atoms with Gasteiger partial charge in [-0.25, -0.2) is 4.79 Å². The molecule has 0 spiro atoms. The molecule has 1 N–H and O–H groups in total. The first-order valence-corrected chi connectivity index (χ1v) is 11.0. The second kappa shape index (κ2) is 9.88. The normalized spacial score (nSPS) is 13.8. The van der Waals surface area contributed by atoms with Gasteiger partial charge in [0.25, 0.3) is 0 Å². The Balaban J connectivity index is 1.74. The Morgan fingerprint density at radius 3 is 2.28 bits per heavy atom. The highest BCUT2D eigenvalue weighted by molar-refractivity contribution is 6.33. The van der Waals surface area contributed by atoms with E-state index in [0.29, 0.717) is 22.1 Å². The fraction of sp³-hybridized carbons (Fsp3) is 0.231. The molecule has 1 aliphatic rings. The average molecular weight is 449 g/mol. The molecule has 0 unspecified atom stereocenters. The molecule has 5 nitrogen and oxygen atoms in total. The van der Waals surface area contributed by atoms with Gasteiger partial charge in [-0.05, 0) is 54.8 Å². The van der Waals surface area contributed by atoms with E-state index in [1.165, 1.54) is 0 Å². The van der Waals surface area contributed by atoms with Gasteiger partial charge in [0.1, 0.15) is 11.5 Å². The van der Waals surface area contributed by atoms with Gasteiger partial charge in [-0.2, -0.15) is 0 Å². The van der Waals surface area contributed by atoms with Crippen LogP contribution in [0.3, 0.4) is 0 Å². The van der Waals surface area contributed by atoms with Gasteiger partial charge in [-0.15, -0.1) is 0 Å². The van der Waals surface area contributed by atoms with Crippen LogP contribution in [0.5, 0.6) is 5.75 Å². The van der Waals surface area contributed by atoms with Gasteiger partial charge in [-0.1, -0.05) is 54.1 Å². The number of hydrogen-bond acceptors (Lipinski definition) is 3. The molecular weight excluding hydrogens is 424 g/mol. The van der Waals surface area contributed by atoms with Crippen molar-refractivity contribution in [1.29, 1.82) is 0 Å². The zero-order chi connectivity index (χ0) is 22.5. The molecule has 3 aromatic carbocycles. The largest absolute Gasteiger partial charge is 0.497 e. The molecule has 0 bridgehead atoms. The van der Waals surface area contributed by atoms with E-state index in [1.807, 2.05) is 48.5 Å². The predicted molar refractivity (Wildman–Crippen MR) is 127 cm³/mol. The number of carbonyl (C=O) groups excluding carboxylic acids is 2. The molecule has 1 aliphatic carbocycles. The van der Waals surface area contributed by atoms with Crippen molar-refractivity contribution in [1.82, 2.24) is 0 Å². The molecule has 0 aliphatic heterocycles. The monoisotopic (exact) mass is 448 g/mol. The zero-order valence-electron chi connectivity index (χ0n) is 17.8. The third-order valence-corrected chi connectivity index (χ3v) is 5.94. The quantitative estimate of drug-likeness (QED) is 0.428. The molecule has 0 aromatic heterocycles. The fourth-order valence-corrected chi connectivity index (χ4v) is 3.90. The molecule has 0 radical (unpaired) electrons. The van der Waals surface area contributed by atoms with Crippen molar-refractivity contribution < 1.29 is 14.3 Å². The maximum Gasteiger partial charge on any atom is 0.326 e. The standard InChI is InChI=1S/C26H25ClN2O3/c1-32-21-15-13-20(14-16-21)29(26(31)28-23-10-6-5-9-22(23)27)24(17-25(30)19-11-12-19)18-7-3-2-4-8-18/h2-10,13-16,19,24H,11-12,17H2,1H3,(H,28,31)/t24-/m0/s1. The summed E-state index contributed by atoms with van der Waals surface area (Å²) in [7, 11) is 1.60. The fourth-order valence-electron chi connectivity index (χ4n) is 3.72. The van der Waals surface area contributed by atoms with Crippen LogP contribution in [-0.2, 0) is 4.79 Å². The summed E-state index contributed by atoms with van der Waals surface area (Å²) in [5, 5.41) is 3.36. The van der Waals surface area contributed by atoms with E-state index >= 15 is 0 Å². The first-order chi connectivity index (χ1) is 15.6. The van der Waals surface area contributed by atoms with E-state index in [2.05, 4.69) is 5.32 Å². The molecule has 6 heteroatoms. The van der Waals surface area contributed by atoms with E-state index in [-0.39, 0.29) is 24.2 Å². The minimum atomic E-state index is -0.458. The van der Waals surface area contributed by atoms with Crippen LogP contribution in [0.4, 0.5) is 16.2 Å². The number of nitrogens with one attached hydrogen (secondary N) is 1. The summed E-state index contributed by atoms with van der Waals surface area (Å²) in [5.41, 5.74) is 2.07. The molecule has 3 aromatic rings. The SMILES string of the molecule is COc1ccc(N(C(=O)Nc2ccccc2Cl)[C@@H](CC(=O)C2CC2)c2ccccc2)cc1. The lowest BCUT2D eigenvalue weighted by atomic mass is 9.97. The number of hydrogen-bond donors (Lipinski definition) is 1. The third kappa shape index (κ3) is 5.11. The average Bonchev–Trinajstić information content (AvgIpc) is 3.67. The summed E-state index contributed by atoms with van der Waals surface area (Å²) >= 11 is 6.29. The lowest BCUT2D eigenvalue weighted by Gasteiger charge is -2.32. The number of ether oxygens (including phenoxy) is 1. The Morgan fingerprint density at radius 2 is 1.66 bits per heavy atom. The molecule has 1 fully saturated rings. The topological polar surface area (TPSA) is 58.6 Å². The van der Waals surface area contributed by atoms with Crippen molar-refractivity contribution >= 4 is 34.8 Å². The number of para-hydroxylation sites is 1. The number of halogens is 1. The Morgan fingerprint density at radius 1 is 1.00 bits per heavy atom. The lowest BCUT2D eigenvalue weighted by molar-refractivity contribution is -0.120. The van der Waals surface area contributed by atoms with E-state index in [4.69, 9.17) is 16.3 Å². The molecule has 2 amide bonds. The van der Waals surface area contributed by atoms with Gasteiger partial charge in [-0.3, -0.25) is 9.69 Å². The molecular formula is C26H25ClN2O3. The van der Waals surface area contributed by atoms with Crippen molar-refractivity contribution in [2.45, 2.75) is 25.3 Å². The van der Waals surface area contributed by atoms with Crippen LogP contribution in [0, 0.1) is 5.92 Å². The highest BCUT2D eigenvalue weighted by Gasteiger charge is 2.35. The Hall–Kier alpha value is -3.31. The molecule has 1 atom stereocenters. The van der Waals surface area contributed by atoms with Gasteiger partial charge in [0.2, 0.25) is 0 Å². The lowest BCUT2D eigenvalue weighted by Crippen LogP contribution is -2.39. The Kier molecular flexibility index (Phi) is 6.76. The zero-order valence-corrected chi connectivity index (χ0v) is 18.6. The van der Waals surface area contributed by atoms with Gasteiger partial charge >= 0.3 is 6.03 Å². The second-order valence-corrected chi connectivity index (χ2v) is 8.26. The summed E-state index contributed by atoms with van der Waals surface area (Å²) in [5.74, 6) is 0.971. The Labute approximate surface area is 193 Å². The van der Waals surface area contributed by atoms with Crippen LogP contribution in [0.15, 0.2) is 78.9 Å². The summed E-state index contributed by atoms with van der Waals surface area (Å²) in [6.07, 6.45) is 2.10. The van der Waals surface area contributed by atoms with Crippen LogP contribution in [-0.4, -0.2) is 18.9 Å². The summed E-state index contributed by atoms with van der Waals surface area (Å²) in [6.45, 7) is 0. The molecule has 4 rings (SSSR count). The van der Waals surface area contributed by atoms with Gasteiger partial charge in [0.05, 0.1) is 23.9 Å². The summed E-state index contributed by atoms with van der Waals surface area (Å²) in [6, 6.07) is 23.2. The van der Waals surface area contributed by atoms with E-state index in [0.717, 1.165) is 18.4 Å². The molecule has 32 heavy (non-hydrogen) atoms. The third-order valence-electron chi connectivity index (χ3n) is 5.61. The van der Waals surface area contributed by atoms with Crippen LogP contribution < -0.4 is 15.0 Å². The number of carbonyl (C=O) groups is 2. The number of rotatable bonds is 8. The van der Waals surface area contributed by atoms with Crippen molar-refractivity contribution in [3.8, 4) is 5.75 Å². The highest BCUT2D eigenvalue weighted by Crippen LogP contribution is 2.37. The van der Waals surface area contributed by atoms with Crippen molar-refractivity contribution in [2.75, 3.05) is 17.3 Å². The van der Waals surface area contributed by atoms with Gasteiger partial charge < -0.3 is 10.1 Å². The second-order valence-electron chi connectivity index (χ2n) is 7.85. The minimum absolute atomic E-state index is 0.102. The van der Waals surface area contributed by atoms with Gasteiger partial charge in [0.15, 0.2) is 0 Å². The predicted octanol–water partition coefficient (Wildman–Crippen LogP) is 6.50. The first-order valence-electron chi connectivity index (χ1n) is 10.6. The van der Waals surface area contributed by atoms with Crippen LogP contribution in [0.2, 0.25) is 5.02 Å². The van der Waals surface area contributed by atoms with Crippen LogP contribution in [0.1, 0.15) is 30.9 Å². The van der Waals surface area contributed by atoms with Crippen LogP contribution >= 0.6 is 11.6 Å². The summed E-state index contributed by atoms with van der Waals surface area (Å²) < 4.78 is 5.28. The number of anilines is 2. The van der Waals surface area contributed by atoms with Gasteiger partial charge in [0, 0.05) is 18.0 Å². The number of amides is 2. The Bertz CT molecular complexity index is 1080. The number of benzene rings is 3. The smallest absolute Gasteiger partial charge is 0.326 e. The maximum atomic E-state index is 13.6. The van der Waals surface area contributed by atoms with Crippen molar-refractivity contribution in [2.24, 2.45) is 5.92 Å². The number of ketones is 1. The molecule has 0 saturated heterocycles. The van der Waals surface area contributed by atoms with Crippen molar-refractivity contribution in [3.63, 3.8) is 0 Å². The molecule has 0 heterocycles. The number of nitrogens with zero attached hydrogens (tertiary/aromatic N) is 1. The van der Waals surface area contributed by atoms with E-state index in [1.54, 1.807) is 42.3 Å². The van der Waals surface area contributed by atoms with E-state index < -0.39 is 6.04 Å². The highest BCUT2D eigenvalue weighted by atomic mass is 35.5. The number of methoxy groups -OCH3 is 1.